The Morgan fingerprint density at radius 1 is 0.865 bits per heavy atom. The number of hydrogen-bond acceptors (Lipinski definition) is 5. The molecule has 0 radical (unpaired) electrons. The number of benzene rings is 3. The first-order valence-electron chi connectivity index (χ1n) is 13.2. The van der Waals surface area contributed by atoms with Crippen molar-refractivity contribution >= 4 is 28.2 Å². The molecule has 6 rings (SSSR count). The minimum absolute atomic E-state index is 0.0118. The maximum absolute atomic E-state index is 12.6. The molecule has 6 heteroatoms. The third-order valence-electron chi connectivity index (χ3n) is 7.70. The Hall–Kier alpha value is -3.93. The van der Waals surface area contributed by atoms with Crippen LogP contribution in [-0.2, 0) is 0 Å². The van der Waals surface area contributed by atoms with E-state index in [4.69, 9.17) is 0 Å². The molecule has 0 atom stereocenters. The van der Waals surface area contributed by atoms with Gasteiger partial charge >= 0.3 is 0 Å². The molecule has 37 heavy (non-hydrogen) atoms. The van der Waals surface area contributed by atoms with E-state index in [-0.39, 0.29) is 5.91 Å². The monoisotopic (exact) mass is 491 g/mol. The summed E-state index contributed by atoms with van der Waals surface area (Å²) in [7, 11) is 0. The van der Waals surface area contributed by atoms with Crippen molar-refractivity contribution in [1.29, 1.82) is 0 Å². The molecule has 1 saturated heterocycles. The Bertz CT molecular complexity index is 1460. The van der Waals surface area contributed by atoms with Gasteiger partial charge in [-0.2, -0.15) is 5.10 Å². The van der Waals surface area contributed by atoms with Gasteiger partial charge in [0, 0.05) is 54.2 Å². The minimum atomic E-state index is 0.0118. The molecule has 1 saturated carbocycles. The van der Waals surface area contributed by atoms with Crippen LogP contribution in [-0.4, -0.2) is 48.3 Å². The molecule has 1 N–H and O–H groups in total. The van der Waals surface area contributed by atoms with Gasteiger partial charge < -0.3 is 15.1 Å². The van der Waals surface area contributed by atoms with Crippen LogP contribution in [0.15, 0.2) is 60.8 Å². The Labute approximate surface area is 218 Å². The third kappa shape index (κ3) is 4.64. The van der Waals surface area contributed by atoms with Crippen LogP contribution in [0.1, 0.15) is 39.9 Å². The molecule has 3 aromatic carbocycles. The van der Waals surface area contributed by atoms with Crippen LogP contribution >= 0.6 is 0 Å². The fourth-order valence-corrected chi connectivity index (χ4v) is 5.49. The van der Waals surface area contributed by atoms with Crippen LogP contribution in [0.2, 0.25) is 0 Å². The van der Waals surface area contributed by atoms with E-state index in [1.54, 1.807) is 0 Å². The number of hydrogen-bond donors (Lipinski definition) is 1. The smallest absolute Gasteiger partial charge is 0.251 e. The third-order valence-corrected chi connectivity index (χ3v) is 7.70. The van der Waals surface area contributed by atoms with Crippen molar-refractivity contribution < 1.29 is 4.79 Å². The zero-order valence-corrected chi connectivity index (χ0v) is 21.8. The van der Waals surface area contributed by atoms with E-state index in [1.165, 1.54) is 16.8 Å². The SMILES string of the molecule is Cc1ccc(C(=O)NC2CC2)cc1-c1ccc2c(N3CCN(c4c(C)cccc4C)CC3)nncc2c1. The summed E-state index contributed by atoms with van der Waals surface area (Å²) in [6, 6.07) is 19.3. The molecule has 1 aliphatic heterocycles. The molecular weight excluding hydrogens is 458 g/mol. The fraction of sp³-hybridized carbons (Fsp3) is 0.323. The number of rotatable bonds is 5. The van der Waals surface area contributed by atoms with Gasteiger partial charge in [-0.25, -0.2) is 0 Å². The van der Waals surface area contributed by atoms with Gasteiger partial charge in [0.05, 0.1) is 6.20 Å². The largest absolute Gasteiger partial charge is 0.368 e. The number of para-hydroxylation sites is 1. The van der Waals surface area contributed by atoms with E-state index in [0.29, 0.717) is 11.6 Å². The average molecular weight is 492 g/mol. The van der Waals surface area contributed by atoms with Gasteiger partial charge in [-0.1, -0.05) is 30.3 Å². The highest BCUT2D eigenvalue weighted by molar-refractivity contribution is 5.98. The summed E-state index contributed by atoms with van der Waals surface area (Å²) in [6.45, 7) is 10.2. The molecule has 1 amide bonds. The van der Waals surface area contributed by atoms with Crippen molar-refractivity contribution in [2.75, 3.05) is 36.0 Å². The Balaban J connectivity index is 1.25. The van der Waals surface area contributed by atoms with Crippen LogP contribution in [0.4, 0.5) is 11.5 Å². The lowest BCUT2D eigenvalue weighted by Gasteiger charge is -2.38. The predicted molar refractivity (Wildman–Crippen MR) is 151 cm³/mol. The number of amides is 1. The number of piperazine rings is 1. The van der Waals surface area contributed by atoms with Crippen molar-refractivity contribution in [3.63, 3.8) is 0 Å². The lowest BCUT2D eigenvalue weighted by molar-refractivity contribution is 0.0951. The van der Waals surface area contributed by atoms with Gasteiger partial charge in [-0.3, -0.25) is 4.79 Å². The van der Waals surface area contributed by atoms with E-state index in [2.05, 4.69) is 82.5 Å². The zero-order valence-electron chi connectivity index (χ0n) is 21.8. The van der Waals surface area contributed by atoms with Crippen LogP contribution in [0, 0.1) is 20.8 Å². The number of aromatic nitrogens is 2. The van der Waals surface area contributed by atoms with Crippen LogP contribution in [0.3, 0.4) is 0 Å². The first kappa shape index (κ1) is 23.5. The number of fused-ring (bicyclic) bond motifs is 1. The molecule has 2 heterocycles. The van der Waals surface area contributed by atoms with Crippen molar-refractivity contribution in [2.45, 2.75) is 39.7 Å². The second kappa shape index (κ2) is 9.51. The van der Waals surface area contributed by atoms with Crippen LogP contribution in [0.5, 0.6) is 0 Å². The van der Waals surface area contributed by atoms with E-state index >= 15 is 0 Å². The maximum atomic E-state index is 12.6. The highest BCUT2D eigenvalue weighted by Gasteiger charge is 2.25. The van der Waals surface area contributed by atoms with Crippen molar-refractivity contribution in [3.05, 3.63) is 83.0 Å². The summed E-state index contributed by atoms with van der Waals surface area (Å²) < 4.78 is 0. The summed E-state index contributed by atoms with van der Waals surface area (Å²) in [5.41, 5.74) is 8.04. The summed E-state index contributed by atoms with van der Waals surface area (Å²) in [5, 5.41) is 14.2. The Kier molecular flexibility index (Phi) is 6.03. The van der Waals surface area contributed by atoms with Crippen molar-refractivity contribution in [3.8, 4) is 11.1 Å². The normalized spacial score (nSPS) is 15.8. The molecule has 4 aromatic rings. The molecular formula is C31H33N5O. The van der Waals surface area contributed by atoms with E-state index in [0.717, 1.165) is 72.3 Å². The molecule has 2 fully saturated rings. The number of anilines is 2. The summed E-state index contributed by atoms with van der Waals surface area (Å²) >= 11 is 0. The quantitative estimate of drug-likeness (QED) is 0.403. The molecule has 0 bridgehead atoms. The molecule has 188 valence electrons. The summed E-state index contributed by atoms with van der Waals surface area (Å²) in [5.74, 6) is 0.956. The second-order valence-electron chi connectivity index (χ2n) is 10.5. The lowest BCUT2D eigenvalue weighted by atomic mass is 9.96. The van der Waals surface area contributed by atoms with Crippen molar-refractivity contribution in [2.24, 2.45) is 0 Å². The fourth-order valence-electron chi connectivity index (χ4n) is 5.49. The standard InChI is InChI=1S/C31H33N5O/c1-20-7-8-24(31(37)33-26-10-11-26)18-28(20)23-9-12-27-25(17-23)19-32-34-30(27)36-15-13-35(14-16-36)29-21(2)5-4-6-22(29)3/h4-9,12,17-19,26H,10-11,13-16H2,1-3H3,(H,33,37). The maximum Gasteiger partial charge on any atom is 0.251 e. The molecule has 0 unspecified atom stereocenters. The lowest BCUT2D eigenvalue weighted by Crippen LogP contribution is -2.47. The van der Waals surface area contributed by atoms with E-state index in [1.807, 2.05) is 24.4 Å². The minimum Gasteiger partial charge on any atom is -0.368 e. The topological polar surface area (TPSA) is 61.4 Å². The Morgan fingerprint density at radius 3 is 2.32 bits per heavy atom. The van der Waals surface area contributed by atoms with E-state index in [9.17, 15) is 4.79 Å². The number of carbonyl (C=O) groups is 1. The average Bonchev–Trinajstić information content (AvgIpc) is 3.72. The van der Waals surface area contributed by atoms with Crippen LogP contribution < -0.4 is 15.1 Å². The molecule has 0 spiro atoms. The number of aryl methyl sites for hydroxylation is 3. The van der Waals surface area contributed by atoms with Gasteiger partial charge in [0.15, 0.2) is 5.82 Å². The van der Waals surface area contributed by atoms with Crippen molar-refractivity contribution in [1.82, 2.24) is 15.5 Å². The van der Waals surface area contributed by atoms with Gasteiger partial charge in [-0.05, 0) is 85.7 Å². The van der Waals surface area contributed by atoms with Gasteiger partial charge in [0.25, 0.3) is 5.91 Å². The van der Waals surface area contributed by atoms with Gasteiger partial charge in [-0.15, -0.1) is 5.10 Å². The number of nitrogens with zero attached hydrogens (tertiary/aromatic N) is 4. The van der Waals surface area contributed by atoms with Gasteiger partial charge in [0.1, 0.15) is 0 Å². The summed E-state index contributed by atoms with van der Waals surface area (Å²) in [4.78, 5) is 17.5. The predicted octanol–water partition coefficient (Wildman–Crippen LogP) is 5.44. The molecule has 2 aliphatic rings. The summed E-state index contributed by atoms with van der Waals surface area (Å²) in [6.07, 6.45) is 4.01. The van der Waals surface area contributed by atoms with Gasteiger partial charge in [0.2, 0.25) is 0 Å². The first-order valence-corrected chi connectivity index (χ1v) is 13.2. The number of carbonyl (C=O) groups excluding carboxylic acids is 1. The molecule has 1 aliphatic carbocycles. The van der Waals surface area contributed by atoms with E-state index < -0.39 is 0 Å². The highest BCUT2D eigenvalue weighted by atomic mass is 16.1. The molecule has 1 aromatic heterocycles. The highest BCUT2D eigenvalue weighted by Crippen LogP contribution is 2.32. The second-order valence-corrected chi connectivity index (χ2v) is 10.5. The zero-order chi connectivity index (χ0) is 25.5. The Morgan fingerprint density at radius 2 is 1.59 bits per heavy atom. The van der Waals surface area contributed by atoms with Crippen LogP contribution in [0.25, 0.3) is 21.9 Å². The first-order chi connectivity index (χ1) is 18.0. The number of nitrogens with one attached hydrogen (secondary N) is 1. The molecule has 6 nitrogen and oxygen atoms in total.